The molecule has 0 N–H and O–H groups in total. The third-order valence-electron chi connectivity index (χ3n) is 2.70. The number of methoxy groups -OCH3 is 2. The van der Waals surface area contributed by atoms with Crippen LogP contribution in [0.2, 0.25) is 0 Å². The number of benzene rings is 1. The number of hydrogen-bond acceptors (Lipinski definition) is 4. The molecule has 1 aromatic rings. The van der Waals surface area contributed by atoms with Gasteiger partial charge in [0.2, 0.25) is 0 Å². The van der Waals surface area contributed by atoms with E-state index in [1.807, 2.05) is 42.2 Å². The standard InChI is InChI=1S/C14H17IO3S/c1-14(2,13(16)18-4)12(9-15)19-11-8-6-5-7-10(11)17-3/h5-9H,1-4H3/b12-9-. The molecule has 0 aromatic heterocycles. The number of para-hydroxylation sites is 1. The molecule has 0 fully saturated rings. The predicted molar refractivity (Wildman–Crippen MR) is 86.8 cm³/mol. The van der Waals surface area contributed by atoms with Crippen molar-refractivity contribution >= 4 is 40.3 Å². The van der Waals surface area contributed by atoms with Crippen LogP contribution in [0.4, 0.5) is 0 Å². The van der Waals surface area contributed by atoms with Gasteiger partial charge in [-0.2, -0.15) is 0 Å². The number of esters is 1. The minimum atomic E-state index is -0.679. The largest absolute Gasteiger partial charge is 0.496 e. The van der Waals surface area contributed by atoms with Gasteiger partial charge in [0.25, 0.3) is 0 Å². The van der Waals surface area contributed by atoms with Crippen LogP contribution < -0.4 is 4.74 Å². The average molecular weight is 392 g/mol. The van der Waals surface area contributed by atoms with Gasteiger partial charge in [0.15, 0.2) is 0 Å². The zero-order valence-corrected chi connectivity index (χ0v) is 14.4. The molecule has 0 aliphatic heterocycles. The summed E-state index contributed by atoms with van der Waals surface area (Å²) in [6, 6.07) is 7.73. The number of hydrogen-bond donors (Lipinski definition) is 0. The van der Waals surface area contributed by atoms with E-state index in [0.29, 0.717) is 0 Å². The SMILES string of the molecule is COC(=O)C(C)(C)/C(=C/I)Sc1ccccc1OC. The quantitative estimate of drug-likeness (QED) is 0.426. The third kappa shape index (κ3) is 3.89. The highest BCUT2D eigenvalue weighted by Crippen LogP contribution is 2.43. The normalized spacial score (nSPS) is 12.2. The Morgan fingerprint density at radius 1 is 1.32 bits per heavy atom. The summed E-state index contributed by atoms with van der Waals surface area (Å²) in [6.45, 7) is 3.71. The molecule has 0 amide bonds. The van der Waals surface area contributed by atoms with Crippen LogP contribution >= 0.6 is 34.4 Å². The smallest absolute Gasteiger partial charge is 0.316 e. The summed E-state index contributed by atoms with van der Waals surface area (Å²) in [6.07, 6.45) is 0. The molecule has 0 atom stereocenters. The lowest BCUT2D eigenvalue weighted by molar-refractivity contribution is -0.148. The molecule has 104 valence electrons. The van der Waals surface area contributed by atoms with Crippen LogP contribution in [0, 0.1) is 5.41 Å². The summed E-state index contributed by atoms with van der Waals surface area (Å²) in [5.74, 6) is 0.543. The fourth-order valence-electron chi connectivity index (χ4n) is 1.46. The van der Waals surface area contributed by atoms with Crippen molar-refractivity contribution in [2.75, 3.05) is 14.2 Å². The molecule has 1 aromatic carbocycles. The van der Waals surface area contributed by atoms with Crippen molar-refractivity contribution in [1.82, 2.24) is 0 Å². The topological polar surface area (TPSA) is 35.5 Å². The van der Waals surface area contributed by atoms with Gasteiger partial charge in [-0.25, -0.2) is 0 Å². The molecule has 0 heterocycles. The summed E-state index contributed by atoms with van der Waals surface area (Å²) < 4.78 is 12.1. The van der Waals surface area contributed by atoms with Crippen LogP contribution in [0.3, 0.4) is 0 Å². The van der Waals surface area contributed by atoms with Crippen molar-refractivity contribution in [3.8, 4) is 5.75 Å². The second-order valence-electron chi connectivity index (χ2n) is 4.34. The Morgan fingerprint density at radius 2 is 1.95 bits per heavy atom. The molecule has 5 heteroatoms. The third-order valence-corrected chi connectivity index (χ3v) is 5.15. The maximum absolute atomic E-state index is 11.9. The number of thioether (sulfide) groups is 1. The van der Waals surface area contributed by atoms with Crippen LogP contribution in [0.25, 0.3) is 0 Å². The van der Waals surface area contributed by atoms with E-state index in [4.69, 9.17) is 9.47 Å². The van der Waals surface area contributed by atoms with E-state index >= 15 is 0 Å². The van der Waals surface area contributed by atoms with Gasteiger partial charge in [0, 0.05) is 4.91 Å². The van der Waals surface area contributed by atoms with Gasteiger partial charge in [-0.15, -0.1) is 0 Å². The van der Waals surface area contributed by atoms with Gasteiger partial charge in [0.05, 0.1) is 24.5 Å². The predicted octanol–water partition coefficient (Wildman–Crippen LogP) is 4.26. The first-order chi connectivity index (χ1) is 8.97. The minimum absolute atomic E-state index is 0.252. The molecule has 1 rings (SSSR count). The highest BCUT2D eigenvalue weighted by atomic mass is 127. The Kier molecular flexibility index (Phi) is 6.19. The molecule has 19 heavy (non-hydrogen) atoms. The number of carbonyl (C=O) groups excluding carboxylic acids is 1. The molecule has 0 radical (unpaired) electrons. The van der Waals surface area contributed by atoms with E-state index in [2.05, 4.69) is 22.6 Å². The summed E-state index contributed by atoms with van der Waals surface area (Å²) in [5.41, 5.74) is -0.679. The van der Waals surface area contributed by atoms with E-state index in [-0.39, 0.29) is 5.97 Å². The molecular weight excluding hydrogens is 375 g/mol. The molecule has 3 nitrogen and oxygen atoms in total. The molecule has 0 spiro atoms. The molecule has 0 bridgehead atoms. The van der Waals surface area contributed by atoms with Crippen LogP contribution in [-0.2, 0) is 9.53 Å². The zero-order chi connectivity index (χ0) is 14.5. The second-order valence-corrected chi connectivity index (χ2v) is 6.05. The Bertz CT molecular complexity index is 483. The van der Waals surface area contributed by atoms with Gasteiger partial charge in [-0.05, 0) is 30.1 Å². The first kappa shape index (κ1) is 16.4. The zero-order valence-electron chi connectivity index (χ0n) is 11.4. The van der Waals surface area contributed by atoms with Gasteiger partial charge in [0.1, 0.15) is 5.75 Å². The van der Waals surface area contributed by atoms with Gasteiger partial charge in [-0.1, -0.05) is 46.5 Å². The highest BCUT2D eigenvalue weighted by Gasteiger charge is 2.34. The average Bonchev–Trinajstić information content (AvgIpc) is 2.43. The van der Waals surface area contributed by atoms with Crippen LogP contribution in [0.1, 0.15) is 13.8 Å². The second kappa shape index (κ2) is 7.19. The monoisotopic (exact) mass is 392 g/mol. The fourth-order valence-corrected chi connectivity index (χ4v) is 3.64. The van der Waals surface area contributed by atoms with Crippen molar-refractivity contribution in [2.24, 2.45) is 5.41 Å². The highest BCUT2D eigenvalue weighted by molar-refractivity contribution is 14.1. The van der Waals surface area contributed by atoms with E-state index in [1.54, 1.807) is 7.11 Å². The van der Waals surface area contributed by atoms with Crippen molar-refractivity contribution in [2.45, 2.75) is 18.7 Å². The van der Waals surface area contributed by atoms with Crippen molar-refractivity contribution < 1.29 is 14.3 Å². The summed E-state index contributed by atoms with van der Waals surface area (Å²) in [5, 5.41) is 0. The summed E-state index contributed by atoms with van der Waals surface area (Å²) in [4.78, 5) is 13.8. The van der Waals surface area contributed by atoms with Crippen molar-refractivity contribution in [1.29, 1.82) is 0 Å². The molecule has 0 aliphatic rings. The maximum Gasteiger partial charge on any atom is 0.316 e. The molecule has 0 aliphatic carbocycles. The van der Waals surface area contributed by atoms with Crippen LogP contribution in [-0.4, -0.2) is 20.2 Å². The first-order valence-corrected chi connectivity index (χ1v) is 7.73. The lowest BCUT2D eigenvalue weighted by Crippen LogP contribution is -2.26. The van der Waals surface area contributed by atoms with Crippen LogP contribution in [0.5, 0.6) is 5.75 Å². The van der Waals surface area contributed by atoms with E-state index in [0.717, 1.165) is 15.6 Å². The summed E-state index contributed by atoms with van der Waals surface area (Å²) in [7, 11) is 3.04. The Labute approximate surface area is 131 Å². The van der Waals surface area contributed by atoms with E-state index in [9.17, 15) is 4.79 Å². The van der Waals surface area contributed by atoms with Gasteiger partial charge in [-0.3, -0.25) is 4.79 Å². The fraction of sp³-hybridized carbons (Fsp3) is 0.357. The maximum atomic E-state index is 11.9. The van der Waals surface area contributed by atoms with E-state index < -0.39 is 5.41 Å². The number of halogens is 1. The first-order valence-electron chi connectivity index (χ1n) is 5.67. The molecule has 0 unspecified atom stereocenters. The Morgan fingerprint density at radius 3 is 2.47 bits per heavy atom. The van der Waals surface area contributed by atoms with Crippen LogP contribution in [0.15, 0.2) is 38.1 Å². The van der Waals surface area contributed by atoms with Crippen molar-refractivity contribution in [3.05, 3.63) is 33.3 Å². The minimum Gasteiger partial charge on any atom is -0.496 e. The molecule has 0 saturated carbocycles. The van der Waals surface area contributed by atoms with Crippen molar-refractivity contribution in [3.63, 3.8) is 0 Å². The molecular formula is C14H17IO3S. The van der Waals surface area contributed by atoms with Gasteiger partial charge < -0.3 is 9.47 Å². The Hall–Kier alpha value is -0.690. The number of ether oxygens (including phenoxy) is 2. The lowest BCUT2D eigenvalue weighted by Gasteiger charge is -2.24. The summed E-state index contributed by atoms with van der Waals surface area (Å²) >= 11 is 3.66. The number of carbonyl (C=O) groups is 1. The lowest BCUT2D eigenvalue weighted by atomic mass is 9.94. The Balaban J connectivity index is 3.04. The molecule has 0 saturated heterocycles. The van der Waals surface area contributed by atoms with Gasteiger partial charge >= 0.3 is 5.97 Å². The van der Waals surface area contributed by atoms with E-state index in [1.165, 1.54) is 18.9 Å². The number of rotatable bonds is 5.